The minimum absolute atomic E-state index is 0.403. The first-order valence-corrected chi connectivity index (χ1v) is 6.88. The third-order valence-corrected chi connectivity index (χ3v) is 3.97. The molecule has 7 heteroatoms. The van der Waals surface area contributed by atoms with E-state index in [1.807, 2.05) is 0 Å². The zero-order valence-corrected chi connectivity index (χ0v) is 10.7. The van der Waals surface area contributed by atoms with Gasteiger partial charge in [-0.3, -0.25) is 0 Å². The topological polar surface area (TPSA) is 59.3 Å². The van der Waals surface area contributed by atoms with E-state index < -0.39 is 32.6 Å². The third kappa shape index (κ3) is 3.18. The number of halogens is 2. The van der Waals surface area contributed by atoms with Gasteiger partial charge in [0.1, 0.15) is 17.4 Å². The van der Waals surface area contributed by atoms with Crippen LogP contribution in [0.4, 0.5) is 8.78 Å². The van der Waals surface area contributed by atoms with Gasteiger partial charge in [0, 0.05) is 6.07 Å². The molecule has 0 aliphatic rings. The van der Waals surface area contributed by atoms with E-state index in [-0.39, 0.29) is 0 Å². The van der Waals surface area contributed by atoms with Crippen molar-refractivity contribution in [2.24, 2.45) is 0 Å². The van der Waals surface area contributed by atoms with Crippen molar-refractivity contribution in [2.75, 3.05) is 0 Å². The first-order valence-electron chi connectivity index (χ1n) is 5.40. The fourth-order valence-electron chi connectivity index (χ4n) is 1.58. The minimum atomic E-state index is -4.02. The van der Waals surface area contributed by atoms with E-state index in [1.165, 1.54) is 6.26 Å². The second-order valence-corrected chi connectivity index (χ2v) is 5.68. The van der Waals surface area contributed by atoms with Gasteiger partial charge in [0.05, 0.1) is 17.2 Å². The summed E-state index contributed by atoms with van der Waals surface area (Å²) in [6.45, 7) is 1.56. The van der Waals surface area contributed by atoms with Crippen LogP contribution in [0.3, 0.4) is 0 Å². The average Bonchev–Trinajstić information content (AvgIpc) is 2.80. The van der Waals surface area contributed by atoms with Gasteiger partial charge < -0.3 is 4.42 Å². The first kappa shape index (κ1) is 13.7. The van der Waals surface area contributed by atoms with Crippen LogP contribution in [0.15, 0.2) is 45.9 Å². The summed E-state index contributed by atoms with van der Waals surface area (Å²) in [5.74, 6) is -1.50. The molecular formula is C12H11F2NO3S. The lowest BCUT2D eigenvalue weighted by molar-refractivity contribution is 0.459. The van der Waals surface area contributed by atoms with Crippen LogP contribution in [0, 0.1) is 11.6 Å². The Hall–Kier alpha value is -1.73. The number of sulfonamides is 1. The Morgan fingerprint density at radius 2 is 1.84 bits per heavy atom. The summed E-state index contributed by atoms with van der Waals surface area (Å²) in [6.07, 6.45) is 1.40. The molecule has 0 saturated heterocycles. The van der Waals surface area contributed by atoms with Gasteiger partial charge in [-0.1, -0.05) is 0 Å². The van der Waals surface area contributed by atoms with Gasteiger partial charge in [0.25, 0.3) is 0 Å². The van der Waals surface area contributed by atoms with Crippen molar-refractivity contribution in [3.63, 3.8) is 0 Å². The van der Waals surface area contributed by atoms with Gasteiger partial charge in [-0.25, -0.2) is 21.9 Å². The lowest BCUT2D eigenvalue weighted by Gasteiger charge is -2.12. The average molecular weight is 287 g/mol. The summed E-state index contributed by atoms with van der Waals surface area (Å²) in [4.78, 5) is -0.469. The summed E-state index contributed by atoms with van der Waals surface area (Å²) in [6, 6.07) is 4.67. The van der Waals surface area contributed by atoms with Crippen molar-refractivity contribution >= 4 is 10.0 Å². The number of hydrogen-bond donors (Lipinski definition) is 1. The predicted molar refractivity (Wildman–Crippen MR) is 63.8 cm³/mol. The summed E-state index contributed by atoms with van der Waals surface area (Å²) in [5.41, 5.74) is 0. The molecule has 0 bridgehead atoms. The molecule has 2 aromatic rings. The fourth-order valence-corrected chi connectivity index (χ4v) is 2.83. The number of rotatable bonds is 4. The van der Waals surface area contributed by atoms with Gasteiger partial charge in [-0.2, -0.15) is 0 Å². The lowest BCUT2D eigenvalue weighted by atomic mass is 10.3. The summed E-state index contributed by atoms with van der Waals surface area (Å²) in [5, 5.41) is 0. The van der Waals surface area contributed by atoms with Crippen molar-refractivity contribution in [1.29, 1.82) is 0 Å². The van der Waals surface area contributed by atoms with Gasteiger partial charge in [0.2, 0.25) is 10.0 Å². The van der Waals surface area contributed by atoms with E-state index in [0.29, 0.717) is 11.8 Å². The molecule has 1 N–H and O–H groups in total. The third-order valence-electron chi connectivity index (χ3n) is 2.45. The van der Waals surface area contributed by atoms with Crippen LogP contribution in [-0.4, -0.2) is 8.42 Å². The van der Waals surface area contributed by atoms with Gasteiger partial charge in [0.15, 0.2) is 0 Å². The highest BCUT2D eigenvalue weighted by atomic mass is 32.2. The molecule has 19 heavy (non-hydrogen) atoms. The number of hydrogen-bond acceptors (Lipinski definition) is 3. The highest BCUT2D eigenvalue weighted by molar-refractivity contribution is 7.89. The molecule has 0 radical (unpaired) electrons. The summed E-state index contributed by atoms with van der Waals surface area (Å²) >= 11 is 0. The number of furan rings is 1. The second-order valence-electron chi connectivity index (χ2n) is 3.96. The molecule has 1 aromatic carbocycles. The van der Waals surface area contributed by atoms with Crippen molar-refractivity contribution in [3.05, 3.63) is 54.0 Å². The molecule has 0 aliphatic heterocycles. The monoisotopic (exact) mass is 287 g/mol. The molecule has 4 nitrogen and oxygen atoms in total. The van der Waals surface area contributed by atoms with Gasteiger partial charge in [-0.15, -0.1) is 0 Å². The largest absolute Gasteiger partial charge is 0.468 e. The van der Waals surface area contributed by atoms with E-state index in [2.05, 4.69) is 4.72 Å². The number of benzene rings is 1. The molecule has 0 saturated carbocycles. The maximum atomic E-state index is 13.0. The summed E-state index contributed by atoms with van der Waals surface area (Å²) in [7, 11) is -4.02. The van der Waals surface area contributed by atoms with Crippen LogP contribution in [0.5, 0.6) is 0 Å². The SMILES string of the molecule is C[C@@H](NS(=O)(=O)c1cc(F)cc(F)c1)c1ccco1. The Morgan fingerprint density at radius 1 is 1.21 bits per heavy atom. The lowest BCUT2D eigenvalue weighted by Crippen LogP contribution is -2.26. The Bertz CT molecular complexity index is 648. The molecule has 102 valence electrons. The highest BCUT2D eigenvalue weighted by Crippen LogP contribution is 2.18. The standard InChI is InChI=1S/C12H11F2NO3S/c1-8(12-3-2-4-18-12)15-19(16,17)11-6-9(13)5-10(14)7-11/h2-8,15H,1H3/t8-/m1/s1. The van der Waals surface area contributed by atoms with Gasteiger partial charge in [-0.05, 0) is 31.2 Å². The molecule has 1 aromatic heterocycles. The maximum Gasteiger partial charge on any atom is 0.241 e. The van der Waals surface area contributed by atoms with Crippen molar-refractivity contribution in [1.82, 2.24) is 4.72 Å². The molecule has 0 unspecified atom stereocenters. The van der Waals surface area contributed by atoms with Crippen LogP contribution < -0.4 is 4.72 Å². The van der Waals surface area contributed by atoms with Crippen LogP contribution in [0.1, 0.15) is 18.7 Å². The maximum absolute atomic E-state index is 13.0. The Kier molecular flexibility index (Phi) is 3.68. The van der Waals surface area contributed by atoms with E-state index >= 15 is 0 Å². The zero-order chi connectivity index (χ0) is 14.0. The molecule has 2 rings (SSSR count). The molecule has 0 amide bonds. The van der Waals surface area contributed by atoms with E-state index in [9.17, 15) is 17.2 Å². The van der Waals surface area contributed by atoms with Crippen molar-refractivity contribution in [3.8, 4) is 0 Å². The van der Waals surface area contributed by atoms with Crippen LogP contribution >= 0.6 is 0 Å². The van der Waals surface area contributed by atoms with E-state index in [1.54, 1.807) is 19.1 Å². The quantitative estimate of drug-likeness (QED) is 0.940. The Balaban J connectivity index is 2.27. The van der Waals surface area contributed by atoms with E-state index in [4.69, 9.17) is 4.42 Å². The van der Waals surface area contributed by atoms with Crippen molar-refractivity contribution in [2.45, 2.75) is 17.9 Å². The van der Waals surface area contributed by atoms with E-state index in [0.717, 1.165) is 12.1 Å². The minimum Gasteiger partial charge on any atom is -0.468 e. The predicted octanol–water partition coefficient (Wildman–Crippen LogP) is 2.60. The molecule has 0 fully saturated rings. The normalized spacial score (nSPS) is 13.4. The molecule has 1 atom stereocenters. The molecular weight excluding hydrogens is 276 g/mol. The molecule has 0 spiro atoms. The number of nitrogens with one attached hydrogen (secondary N) is 1. The Morgan fingerprint density at radius 3 is 2.37 bits per heavy atom. The summed E-state index contributed by atoms with van der Waals surface area (Å²) < 4.78 is 57.3. The second kappa shape index (κ2) is 5.10. The fraction of sp³-hybridized carbons (Fsp3) is 0.167. The first-order chi connectivity index (χ1) is 8.88. The highest BCUT2D eigenvalue weighted by Gasteiger charge is 2.21. The Labute approximate surface area is 109 Å². The zero-order valence-electron chi connectivity index (χ0n) is 9.93. The molecule has 0 aliphatic carbocycles. The van der Waals surface area contributed by atoms with Crippen LogP contribution in [-0.2, 0) is 10.0 Å². The molecule has 1 heterocycles. The smallest absolute Gasteiger partial charge is 0.241 e. The van der Waals surface area contributed by atoms with Crippen LogP contribution in [0.25, 0.3) is 0 Å². The van der Waals surface area contributed by atoms with Crippen LogP contribution in [0.2, 0.25) is 0 Å². The van der Waals surface area contributed by atoms with Gasteiger partial charge >= 0.3 is 0 Å². The van der Waals surface area contributed by atoms with Crippen molar-refractivity contribution < 1.29 is 21.6 Å².